The van der Waals surface area contributed by atoms with Gasteiger partial charge in [-0.3, -0.25) is 4.79 Å². The number of hydrogen-bond acceptors (Lipinski definition) is 4. The predicted molar refractivity (Wildman–Crippen MR) is 112 cm³/mol. The van der Waals surface area contributed by atoms with E-state index in [1.807, 2.05) is 30.3 Å². The minimum Gasteiger partial charge on any atom is -0.439 e. The van der Waals surface area contributed by atoms with E-state index in [2.05, 4.69) is 15.3 Å². The Bertz CT molecular complexity index is 1150. The van der Waals surface area contributed by atoms with Crippen molar-refractivity contribution < 1.29 is 13.9 Å². The van der Waals surface area contributed by atoms with Gasteiger partial charge in [-0.2, -0.15) is 4.98 Å². The van der Waals surface area contributed by atoms with Gasteiger partial charge < -0.3 is 10.1 Å². The van der Waals surface area contributed by atoms with E-state index in [1.54, 1.807) is 48.7 Å². The molecule has 4 rings (SSSR count). The second-order valence-electron chi connectivity index (χ2n) is 6.52. The molecule has 0 aliphatic heterocycles. The van der Waals surface area contributed by atoms with Gasteiger partial charge >= 0.3 is 0 Å². The maximum atomic E-state index is 13.1. The van der Waals surface area contributed by atoms with Crippen molar-refractivity contribution in [1.29, 1.82) is 0 Å². The van der Waals surface area contributed by atoms with Crippen LogP contribution in [0.5, 0.6) is 11.6 Å². The van der Waals surface area contributed by atoms with Gasteiger partial charge in [0.25, 0.3) is 5.91 Å². The van der Waals surface area contributed by atoms with Crippen molar-refractivity contribution in [3.63, 3.8) is 0 Å². The number of rotatable bonds is 6. The first-order valence-electron chi connectivity index (χ1n) is 9.36. The summed E-state index contributed by atoms with van der Waals surface area (Å²) in [6.45, 7) is 0.442. The summed E-state index contributed by atoms with van der Waals surface area (Å²) >= 11 is 0. The molecule has 0 spiro atoms. The summed E-state index contributed by atoms with van der Waals surface area (Å²) in [6.07, 6.45) is 1.57. The zero-order valence-corrected chi connectivity index (χ0v) is 16.0. The predicted octanol–water partition coefficient (Wildman–Crippen LogP) is 5.01. The molecule has 0 unspecified atom stereocenters. The van der Waals surface area contributed by atoms with Crippen molar-refractivity contribution >= 4 is 5.91 Å². The average Bonchev–Trinajstić information content (AvgIpc) is 2.79. The summed E-state index contributed by atoms with van der Waals surface area (Å²) in [4.78, 5) is 21.0. The van der Waals surface area contributed by atoms with Crippen LogP contribution in [0.2, 0.25) is 0 Å². The summed E-state index contributed by atoms with van der Waals surface area (Å²) in [6, 6.07) is 24.1. The van der Waals surface area contributed by atoms with Gasteiger partial charge in [0, 0.05) is 29.9 Å². The van der Waals surface area contributed by atoms with E-state index in [4.69, 9.17) is 4.74 Å². The van der Waals surface area contributed by atoms with Crippen LogP contribution in [-0.4, -0.2) is 15.9 Å². The lowest BCUT2D eigenvalue weighted by Gasteiger charge is -2.09. The molecule has 5 nitrogen and oxygen atoms in total. The molecular weight excluding hydrogens is 381 g/mol. The highest BCUT2D eigenvalue weighted by Gasteiger charge is 2.09. The Balaban J connectivity index is 1.46. The number of carbonyl (C=O) groups excluding carboxylic acids is 1. The van der Waals surface area contributed by atoms with Gasteiger partial charge in [0.1, 0.15) is 11.6 Å². The number of nitrogens with zero attached hydrogens (tertiary/aromatic N) is 2. The normalized spacial score (nSPS) is 10.4. The van der Waals surface area contributed by atoms with E-state index in [0.29, 0.717) is 35.1 Å². The standard InChI is InChI=1S/C24H18FN3O2/c25-20-11-9-18(10-12-20)23-26-14-13-22(28-23)30-21-8-4-7-19(15-21)24(29)27-16-17-5-2-1-3-6-17/h1-15H,16H2,(H,27,29). The van der Waals surface area contributed by atoms with Gasteiger partial charge in [0.05, 0.1) is 0 Å². The zero-order valence-electron chi connectivity index (χ0n) is 16.0. The lowest BCUT2D eigenvalue weighted by atomic mass is 10.2. The van der Waals surface area contributed by atoms with Crippen molar-refractivity contribution in [2.45, 2.75) is 6.54 Å². The molecule has 0 aliphatic rings. The third-order valence-corrected chi connectivity index (χ3v) is 4.35. The highest BCUT2D eigenvalue weighted by Crippen LogP contribution is 2.23. The molecule has 4 aromatic rings. The molecule has 0 radical (unpaired) electrons. The highest BCUT2D eigenvalue weighted by atomic mass is 19.1. The first-order valence-corrected chi connectivity index (χ1v) is 9.36. The summed E-state index contributed by atoms with van der Waals surface area (Å²) in [5.41, 5.74) is 2.18. The first kappa shape index (κ1) is 19.3. The Kier molecular flexibility index (Phi) is 5.75. The van der Waals surface area contributed by atoms with E-state index in [1.165, 1.54) is 12.1 Å². The number of carbonyl (C=O) groups is 1. The zero-order chi connectivity index (χ0) is 20.8. The first-order chi connectivity index (χ1) is 14.7. The fourth-order valence-corrected chi connectivity index (χ4v) is 2.84. The number of hydrogen-bond donors (Lipinski definition) is 1. The van der Waals surface area contributed by atoms with Crippen molar-refractivity contribution in [2.75, 3.05) is 0 Å². The van der Waals surface area contributed by atoms with Crippen LogP contribution in [0.15, 0.2) is 91.1 Å². The molecule has 1 amide bonds. The third-order valence-electron chi connectivity index (χ3n) is 4.35. The highest BCUT2D eigenvalue weighted by molar-refractivity contribution is 5.94. The lowest BCUT2D eigenvalue weighted by Crippen LogP contribution is -2.22. The molecule has 1 heterocycles. The second-order valence-corrected chi connectivity index (χ2v) is 6.52. The van der Waals surface area contributed by atoms with Gasteiger partial charge in [-0.1, -0.05) is 36.4 Å². The molecule has 0 aliphatic carbocycles. The van der Waals surface area contributed by atoms with Crippen LogP contribution in [0.4, 0.5) is 4.39 Å². The molecule has 30 heavy (non-hydrogen) atoms. The number of halogens is 1. The average molecular weight is 399 g/mol. The fourth-order valence-electron chi connectivity index (χ4n) is 2.84. The van der Waals surface area contributed by atoms with Crippen LogP contribution in [-0.2, 0) is 6.54 Å². The van der Waals surface area contributed by atoms with Crippen molar-refractivity contribution in [1.82, 2.24) is 15.3 Å². The Labute approximate surface area is 173 Å². The van der Waals surface area contributed by atoms with Crippen LogP contribution in [0, 0.1) is 5.82 Å². The minimum atomic E-state index is -0.325. The number of nitrogens with one attached hydrogen (secondary N) is 1. The topological polar surface area (TPSA) is 64.1 Å². The van der Waals surface area contributed by atoms with Crippen LogP contribution < -0.4 is 10.1 Å². The van der Waals surface area contributed by atoms with E-state index in [9.17, 15) is 9.18 Å². The number of aromatic nitrogens is 2. The van der Waals surface area contributed by atoms with Crippen LogP contribution >= 0.6 is 0 Å². The van der Waals surface area contributed by atoms with Crippen LogP contribution in [0.1, 0.15) is 15.9 Å². The van der Waals surface area contributed by atoms with Gasteiger partial charge in [0.15, 0.2) is 5.82 Å². The van der Waals surface area contributed by atoms with Gasteiger partial charge in [-0.05, 0) is 48.0 Å². The minimum absolute atomic E-state index is 0.195. The number of benzene rings is 3. The number of ether oxygens (including phenoxy) is 1. The molecule has 0 fully saturated rings. The third kappa shape index (κ3) is 4.86. The maximum absolute atomic E-state index is 13.1. The summed E-state index contributed by atoms with van der Waals surface area (Å²) in [7, 11) is 0. The molecule has 0 bridgehead atoms. The molecule has 3 aromatic carbocycles. The fraction of sp³-hybridized carbons (Fsp3) is 0.0417. The van der Waals surface area contributed by atoms with Crippen LogP contribution in [0.3, 0.4) is 0 Å². The van der Waals surface area contributed by atoms with Crippen molar-refractivity contribution in [2.24, 2.45) is 0 Å². The molecule has 6 heteroatoms. The van der Waals surface area contributed by atoms with E-state index < -0.39 is 0 Å². The Morgan fingerprint density at radius 3 is 2.53 bits per heavy atom. The molecule has 1 N–H and O–H groups in total. The largest absolute Gasteiger partial charge is 0.439 e. The van der Waals surface area contributed by atoms with Gasteiger partial charge in [-0.15, -0.1) is 0 Å². The van der Waals surface area contributed by atoms with Crippen molar-refractivity contribution in [3.8, 4) is 23.0 Å². The SMILES string of the molecule is O=C(NCc1ccccc1)c1cccc(Oc2ccnc(-c3ccc(F)cc3)n2)c1. The van der Waals surface area contributed by atoms with Crippen molar-refractivity contribution in [3.05, 3.63) is 108 Å². The lowest BCUT2D eigenvalue weighted by molar-refractivity contribution is 0.0950. The Morgan fingerprint density at radius 2 is 1.73 bits per heavy atom. The van der Waals surface area contributed by atoms with Crippen LogP contribution in [0.25, 0.3) is 11.4 Å². The van der Waals surface area contributed by atoms with E-state index >= 15 is 0 Å². The van der Waals surface area contributed by atoms with Gasteiger partial charge in [-0.25, -0.2) is 9.37 Å². The second kappa shape index (κ2) is 8.96. The molecule has 0 atom stereocenters. The summed E-state index contributed by atoms with van der Waals surface area (Å²) in [5.74, 6) is 0.703. The molecule has 148 valence electrons. The monoisotopic (exact) mass is 399 g/mol. The Morgan fingerprint density at radius 1 is 0.933 bits per heavy atom. The molecule has 0 saturated heterocycles. The number of amides is 1. The summed E-state index contributed by atoms with van der Waals surface area (Å²) < 4.78 is 18.9. The molecule has 1 aromatic heterocycles. The smallest absolute Gasteiger partial charge is 0.251 e. The Hall–Kier alpha value is -4.06. The quantitative estimate of drug-likeness (QED) is 0.495. The molecular formula is C24H18FN3O2. The molecule has 0 saturated carbocycles. The van der Waals surface area contributed by atoms with E-state index in [-0.39, 0.29) is 11.7 Å². The van der Waals surface area contributed by atoms with E-state index in [0.717, 1.165) is 5.56 Å². The van der Waals surface area contributed by atoms with Gasteiger partial charge in [0.2, 0.25) is 5.88 Å². The maximum Gasteiger partial charge on any atom is 0.251 e. The summed E-state index contributed by atoms with van der Waals surface area (Å²) in [5, 5.41) is 2.89.